The molecule has 0 bridgehead atoms. The third-order valence-corrected chi connectivity index (χ3v) is 3.44. The van der Waals surface area contributed by atoms with Gasteiger partial charge in [-0.1, -0.05) is 12.1 Å². The third-order valence-electron chi connectivity index (χ3n) is 3.44. The van der Waals surface area contributed by atoms with E-state index in [0.29, 0.717) is 13.0 Å². The molecule has 0 saturated heterocycles. The van der Waals surface area contributed by atoms with E-state index >= 15 is 0 Å². The fraction of sp³-hybridized carbons (Fsp3) is 0.278. The third kappa shape index (κ3) is 4.92. The normalized spacial score (nSPS) is 10.0. The van der Waals surface area contributed by atoms with Crippen LogP contribution < -0.4 is 20.3 Å². The predicted octanol–water partition coefficient (Wildman–Crippen LogP) is 3.20. The van der Waals surface area contributed by atoms with Gasteiger partial charge in [-0.2, -0.15) is 0 Å². The Morgan fingerprint density at radius 1 is 1.09 bits per heavy atom. The Morgan fingerprint density at radius 3 is 2.43 bits per heavy atom. The van der Waals surface area contributed by atoms with E-state index in [2.05, 4.69) is 10.6 Å². The van der Waals surface area contributed by atoms with Crippen LogP contribution in [0, 0.1) is 0 Å². The van der Waals surface area contributed by atoms with E-state index < -0.39 is 0 Å². The minimum Gasteiger partial charge on any atom is -0.495 e. The van der Waals surface area contributed by atoms with Crippen LogP contribution in [0.3, 0.4) is 0 Å². The zero-order valence-corrected chi connectivity index (χ0v) is 13.8. The van der Waals surface area contributed by atoms with Crippen LogP contribution in [-0.4, -0.2) is 33.7 Å². The number of rotatable bonds is 7. The van der Waals surface area contributed by atoms with Gasteiger partial charge < -0.3 is 20.3 Å². The summed E-state index contributed by atoms with van der Waals surface area (Å²) in [7, 11) is 5.60. The highest BCUT2D eigenvalue weighted by atomic mass is 16.5. The molecule has 0 fully saturated rings. The molecule has 2 N–H and O–H groups in total. The molecule has 5 heteroatoms. The number of benzene rings is 2. The van der Waals surface area contributed by atoms with Crippen LogP contribution in [0.5, 0.6) is 5.75 Å². The number of nitrogens with one attached hydrogen (secondary N) is 2. The number of hydrogen-bond donors (Lipinski definition) is 2. The van der Waals surface area contributed by atoms with Crippen LogP contribution in [0.25, 0.3) is 0 Å². The zero-order chi connectivity index (χ0) is 16.7. The van der Waals surface area contributed by atoms with Gasteiger partial charge in [-0.25, -0.2) is 0 Å². The predicted molar refractivity (Wildman–Crippen MR) is 95.5 cm³/mol. The van der Waals surface area contributed by atoms with Crippen LogP contribution in [0.2, 0.25) is 0 Å². The molecule has 0 atom stereocenters. The van der Waals surface area contributed by atoms with E-state index in [1.165, 1.54) is 0 Å². The summed E-state index contributed by atoms with van der Waals surface area (Å²) in [4.78, 5) is 14.0. The van der Waals surface area contributed by atoms with Gasteiger partial charge in [-0.05, 0) is 36.4 Å². The quantitative estimate of drug-likeness (QED) is 0.824. The molecule has 0 aliphatic rings. The molecular weight excluding hydrogens is 290 g/mol. The second-order valence-electron chi connectivity index (χ2n) is 5.37. The second kappa shape index (κ2) is 8.08. The number of carbonyl (C=O) groups is 1. The van der Waals surface area contributed by atoms with Gasteiger partial charge in [0.15, 0.2) is 0 Å². The van der Waals surface area contributed by atoms with Gasteiger partial charge in [-0.3, -0.25) is 4.79 Å². The van der Waals surface area contributed by atoms with Crippen molar-refractivity contribution in [3.8, 4) is 5.75 Å². The van der Waals surface area contributed by atoms with Gasteiger partial charge in [0.2, 0.25) is 5.91 Å². The van der Waals surface area contributed by atoms with Crippen molar-refractivity contribution in [2.45, 2.75) is 6.42 Å². The summed E-state index contributed by atoms with van der Waals surface area (Å²) in [6.07, 6.45) is 0.382. The Morgan fingerprint density at radius 2 is 1.78 bits per heavy atom. The number of hydrogen-bond acceptors (Lipinski definition) is 4. The molecule has 0 spiro atoms. The van der Waals surface area contributed by atoms with Crippen molar-refractivity contribution in [3.05, 3.63) is 48.5 Å². The van der Waals surface area contributed by atoms with E-state index in [4.69, 9.17) is 4.74 Å². The lowest BCUT2D eigenvalue weighted by Crippen LogP contribution is -2.16. The Kier molecular flexibility index (Phi) is 5.86. The first-order valence-electron chi connectivity index (χ1n) is 7.54. The topological polar surface area (TPSA) is 53.6 Å². The van der Waals surface area contributed by atoms with Crippen molar-refractivity contribution < 1.29 is 9.53 Å². The lowest BCUT2D eigenvalue weighted by Gasteiger charge is -2.13. The maximum absolute atomic E-state index is 12.0. The Hall–Kier alpha value is -2.69. The van der Waals surface area contributed by atoms with E-state index in [1.807, 2.05) is 67.5 Å². The highest BCUT2D eigenvalue weighted by Gasteiger charge is 2.05. The lowest BCUT2D eigenvalue weighted by molar-refractivity contribution is -0.115. The van der Waals surface area contributed by atoms with Crippen molar-refractivity contribution in [2.75, 3.05) is 43.3 Å². The van der Waals surface area contributed by atoms with Crippen LogP contribution >= 0.6 is 0 Å². The van der Waals surface area contributed by atoms with Gasteiger partial charge >= 0.3 is 0 Å². The van der Waals surface area contributed by atoms with E-state index in [1.54, 1.807) is 7.11 Å². The summed E-state index contributed by atoms with van der Waals surface area (Å²) in [5, 5.41) is 6.11. The van der Waals surface area contributed by atoms with Gasteiger partial charge in [0.1, 0.15) is 5.75 Å². The molecule has 122 valence electrons. The highest BCUT2D eigenvalue weighted by Crippen LogP contribution is 2.22. The number of carbonyl (C=O) groups excluding carboxylic acids is 1. The van der Waals surface area contributed by atoms with Crippen molar-refractivity contribution in [3.63, 3.8) is 0 Å². The molecule has 0 heterocycles. The molecule has 0 radical (unpaired) electrons. The first-order chi connectivity index (χ1) is 11.1. The maximum atomic E-state index is 12.0. The molecule has 2 rings (SSSR count). The van der Waals surface area contributed by atoms with Gasteiger partial charge in [0.25, 0.3) is 0 Å². The summed E-state index contributed by atoms with van der Waals surface area (Å²) in [6, 6.07) is 15.4. The lowest BCUT2D eigenvalue weighted by atomic mass is 10.2. The van der Waals surface area contributed by atoms with Crippen molar-refractivity contribution in [1.82, 2.24) is 0 Å². The molecular formula is C18H23N3O2. The van der Waals surface area contributed by atoms with Gasteiger partial charge in [0.05, 0.1) is 12.8 Å². The molecule has 0 saturated carbocycles. The highest BCUT2D eigenvalue weighted by molar-refractivity contribution is 5.91. The average Bonchev–Trinajstić information content (AvgIpc) is 2.55. The standard InChI is InChI=1S/C18H23N3O2/c1-21(2)15-10-8-14(9-11-15)20-18(22)12-13-19-16-6-4-5-7-17(16)23-3/h4-11,19H,12-13H2,1-3H3,(H,20,22). The monoisotopic (exact) mass is 313 g/mol. The summed E-state index contributed by atoms with van der Waals surface area (Å²) in [6.45, 7) is 0.544. The van der Waals surface area contributed by atoms with Crippen LogP contribution in [-0.2, 0) is 4.79 Å². The smallest absolute Gasteiger partial charge is 0.226 e. The minimum atomic E-state index is -0.0231. The molecule has 0 unspecified atom stereocenters. The van der Waals surface area contributed by atoms with Gasteiger partial charge in [0, 0.05) is 38.4 Å². The molecule has 0 aliphatic carbocycles. The van der Waals surface area contributed by atoms with Crippen molar-refractivity contribution in [1.29, 1.82) is 0 Å². The molecule has 23 heavy (non-hydrogen) atoms. The fourth-order valence-electron chi connectivity index (χ4n) is 2.17. The number of amides is 1. The summed E-state index contributed by atoms with van der Waals surface area (Å²) < 4.78 is 5.26. The van der Waals surface area contributed by atoms with Crippen LogP contribution in [0.4, 0.5) is 17.1 Å². The zero-order valence-electron chi connectivity index (χ0n) is 13.8. The number of para-hydroxylation sites is 2. The van der Waals surface area contributed by atoms with Crippen LogP contribution in [0.1, 0.15) is 6.42 Å². The minimum absolute atomic E-state index is 0.0231. The van der Waals surface area contributed by atoms with E-state index in [9.17, 15) is 4.79 Å². The fourth-order valence-corrected chi connectivity index (χ4v) is 2.17. The first kappa shape index (κ1) is 16.7. The van der Waals surface area contributed by atoms with Crippen LogP contribution in [0.15, 0.2) is 48.5 Å². The molecule has 2 aromatic rings. The number of ether oxygens (including phenoxy) is 1. The Labute approximate surface area is 137 Å². The largest absolute Gasteiger partial charge is 0.495 e. The SMILES string of the molecule is COc1ccccc1NCCC(=O)Nc1ccc(N(C)C)cc1. The van der Waals surface area contributed by atoms with E-state index in [0.717, 1.165) is 22.8 Å². The van der Waals surface area contributed by atoms with Gasteiger partial charge in [-0.15, -0.1) is 0 Å². The summed E-state index contributed by atoms with van der Waals surface area (Å²) >= 11 is 0. The molecule has 2 aromatic carbocycles. The van der Waals surface area contributed by atoms with E-state index in [-0.39, 0.29) is 5.91 Å². The second-order valence-corrected chi connectivity index (χ2v) is 5.37. The molecule has 0 aromatic heterocycles. The summed E-state index contributed by atoms with van der Waals surface area (Å²) in [5.74, 6) is 0.747. The number of methoxy groups -OCH3 is 1. The number of anilines is 3. The summed E-state index contributed by atoms with van der Waals surface area (Å²) in [5.41, 5.74) is 2.79. The van der Waals surface area contributed by atoms with Crippen molar-refractivity contribution in [2.24, 2.45) is 0 Å². The first-order valence-corrected chi connectivity index (χ1v) is 7.54. The maximum Gasteiger partial charge on any atom is 0.226 e. The average molecular weight is 313 g/mol. The molecule has 5 nitrogen and oxygen atoms in total. The molecule has 0 aliphatic heterocycles. The Balaban J connectivity index is 1.81. The Bertz CT molecular complexity index is 639. The number of nitrogens with zero attached hydrogens (tertiary/aromatic N) is 1. The van der Waals surface area contributed by atoms with Crippen molar-refractivity contribution >= 4 is 23.0 Å². The molecule has 1 amide bonds.